The number of nitrogens with zero attached hydrogens (tertiary/aromatic N) is 2. The van der Waals surface area contributed by atoms with Crippen LogP contribution in [0.5, 0.6) is 0 Å². The summed E-state index contributed by atoms with van der Waals surface area (Å²) in [6.45, 7) is 5.47. The van der Waals surface area contributed by atoms with Crippen molar-refractivity contribution in [2.24, 2.45) is 0 Å². The van der Waals surface area contributed by atoms with Crippen LogP contribution in [0.15, 0.2) is 28.8 Å². The molecule has 1 aromatic carbocycles. The van der Waals surface area contributed by atoms with Crippen LogP contribution in [0.1, 0.15) is 18.2 Å². The van der Waals surface area contributed by atoms with E-state index in [1.165, 1.54) is 23.1 Å². The highest BCUT2D eigenvalue weighted by Crippen LogP contribution is 2.28. The Morgan fingerprint density at radius 1 is 1.31 bits per heavy atom. The number of amides is 2. The predicted octanol–water partition coefficient (Wildman–Crippen LogP) is 3.60. The number of anilines is 2. The fourth-order valence-electron chi connectivity index (χ4n) is 2.22. The van der Waals surface area contributed by atoms with Crippen LogP contribution in [0.4, 0.5) is 10.9 Å². The van der Waals surface area contributed by atoms with Gasteiger partial charge in [0.1, 0.15) is 5.76 Å². The van der Waals surface area contributed by atoms with E-state index in [4.69, 9.17) is 4.52 Å². The molecule has 7 nitrogen and oxygen atoms in total. The summed E-state index contributed by atoms with van der Waals surface area (Å²) in [4.78, 5) is 28.7. The lowest BCUT2D eigenvalue weighted by molar-refractivity contribution is -0.115. The highest BCUT2D eigenvalue weighted by Gasteiger charge is 2.17. The zero-order chi connectivity index (χ0) is 18.7. The molecule has 2 amide bonds. The topological polar surface area (TPSA) is 97.1 Å². The van der Waals surface area contributed by atoms with Crippen molar-refractivity contribution in [3.8, 4) is 0 Å². The molecule has 0 spiro atoms. The van der Waals surface area contributed by atoms with Gasteiger partial charge in [-0.1, -0.05) is 28.6 Å². The van der Waals surface area contributed by atoms with Crippen molar-refractivity contribution in [2.45, 2.75) is 26.0 Å². The fourth-order valence-corrected chi connectivity index (χ4v) is 3.87. The molecule has 0 saturated heterocycles. The Morgan fingerprint density at radius 2 is 2.12 bits per heavy atom. The van der Waals surface area contributed by atoms with Gasteiger partial charge in [0.2, 0.25) is 11.8 Å². The van der Waals surface area contributed by atoms with Gasteiger partial charge in [-0.15, -0.1) is 11.8 Å². The molecule has 3 rings (SSSR count). The Morgan fingerprint density at radius 3 is 2.81 bits per heavy atom. The second-order valence-corrected chi connectivity index (χ2v) is 8.11. The molecule has 3 aromatic rings. The van der Waals surface area contributed by atoms with Crippen LogP contribution in [-0.2, 0) is 9.59 Å². The first-order valence-corrected chi connectivity index (χ1v) is 9.80. The third-order valence-corrected chi connectivity index (χ3v) is 5.66. The zero-order valence-electron chi connectivity index (χ0n) is 14.5. The average Bonchev–Trinajstić information content (AvgIpc) is 3.19. The van der Waals surface area contributed by atoms with Gasteiger partial charge < -0.3 is 15.2 Å². The Labute approximate surface area is 158 Å². The molecule has 2 aromatic heterocycles. The quantitative estimate of drug-likeness (QED) is 0.667. The van der Waals surface area contributed by atoms with E-state index in [0.717, 1.165) is 15.8 Å². The highest BCUT2D eigenvalue weighted by molar-refractivity contribution is 8.01. The number of thioether (sulfide) groups is 1. The average molecular weight is 390 g/mol. The van der Waals surface area contributed by atoms with E-state index in [-0.39, 0.29) is 17.6 Å². The molecular formula is C17H18N4O3S2. The Balaban J connectivity index is 1.51. The molecule has 26 heavy (non-hydrogen) atoms. The standard InChI is InChI=1S/C17H18N4O3S2/c1-9-5-4-6-12-15(9)20-17(26-12)19-14(22)8-25-11(3)16(23)18-13-7-10(2)24-21-13/h4-7,11H,8H2,1-3H3,(H,18,21,23)(H,19,20,22). The van der Waals surface area contributed by atoms with Gasteiger partial charge in [0.25, 0.3) is 0 Å². The molecule has 0 aliphatic carbocycles. The molecule has 136 valence electrons. The van der Waals surface area contributed by atoms with Gasteiger partial charge in [0.15, 0.2) is 10.9 Å². The number of carbonyl (C=O) groups excluding carboxylic acids is 2. The van der Waals surface area contributed by atoms with Gasteiger partial charge in [-0.05, 0) is 32.4 Å². The Kier molecular flexibility index (Phi) is 5.58. The molecule has 0 radical (unpaired) electrons. The van der Waals surface area contributed by atoms with Crippen LogP contribution in [0.25, 0.3) is 10.2 Å². The number of aryl methyl sites for hydroxylation is 2. The summed E-state index contributed by atoms with van der Waals surface area (Å²) in [6, 6.07) is 7.56. The minimum Gasteiger partial charge on any atom is -0.360 e. The van der Waals surface area contributed by atoms with Crippen LogP contribution >= 0.6 is 23.1 Å². The number of thiazole rings is 1. The third-order valence-electron chi connectivity index (χ3n) is 3.58. The van der Waals surface area contributed by atoms with E-state index < -0.39 is 5.25 Å². The van der Waals surface area contributed by atoms with Crippen LogP contribution < -0.4 is 10.6 Å². The van der Waals surface area contributed by atoms with E-state index in [0.29, 0.717) is 16.7 Å². The molecule has 1 atom stereocenters. The molecule has 0 fully saturated rings. The van der Waals surface area contributed by atoms with Crippen molar-refractivity contribution in [1.29, 1.82) is 0 Å². The Hall–Kier alpha value is -2.39. The molecule has 0 aliphatic rings. The molecule has 1 unspecified atom stereocenters. The van der Waals surface area contributed by atoms with Crippen molar-refractivity contribution in [3.63, 3.8) is 0 Å². The molecule has 2 heterocycles. The van der Waals surface area contributed by atoms with Gasteiger partial charge in [-0.2, -0.15) is 0 Å². The smallest absolute Gasteiger partial charge is 0.238 e. The molecule has 0 bridgehead atoms. The summed E-state index contributed by atoms with van der Waals surface area (Å²) in [5.41, 5.74) is 1.97. The van der Waals surface area contributed by atoms with Crippen LogP contribution in [0.2, 0.25) is 0 Å². The van der Waals surface area contributed by atoms with Gasteiger partial charge in [0, 0.05) is 6.07 Å². The number of para-hydroxylation sites is 1. The zero-order valence-corrected chi connectivity index (χ0v) is 16.2. The van der Waals surface area contributed by atoms with Crippen molar-refractivity contribution >= 4 is 56.1 Å². The lowest BCUT2D eigenvalue weighted by Gasteiger charge is -2.09. The maximum atomic E-state index is 12.1. The SMILES string of the molecule is Cc1cc(NC(=O)C(C)SCC(=O)Nc2nc3c(C)cccc3s2)no1. The van der Waals surface area contributed by atoms with E-state index >= 15 is 0 Å². The maximum Gasteiger partial charge on any atom is 0.238 e. The van der Waals surface area contributed by atoms with Crippen LogP contribution in [0, 0.1) is 13.8 Å². The van der Waals surface area contributed by atoms with Gasteiger partial charge in [-0.25, -0.2) is 4.98 Å². The second-order valence-electron chi connectivity index (χ2n) is 5.75. The first-order valence-electron chi connectivity index (χ1n) is 7.94. The van der Waals surface area contributed by atoms with E-state index in [9.17, 15) is 9.59 Å². The normalized spacial score (nSPS) is 12.1. The molecule has 0 saturated carbocycles. The summed E-state index contributed by atoms with van der Waals surface area (Å²) in [5.74, 6) is 0.720. The predicted molar refractivity (Wildman–Crippen MR) is 105 cm³/mol. The van der Waals surface area contributed by atoms with Gasteiger partial charge >= 0.3 is 0 Å². The van der Waals surface area contributed by atoms with Crippen molar-refractivity contribution in [2.75, 3.05) is 16.4 Å². The maximum absolute atomic E-state index is 12.1. The van der Waals surface area contributed by atoms with Crippen LogP contribution in [-0.4, -0.2) is 33.0 Å². The highest BCUT2D eigenvalue weighted by atomic mass is 32.2. The number of benzene rings is 1. The first kappa shape index (κ1) is 18.4. The lowest BCUT2D eigenvalue weighted by Crippen LogP contribution is -2.25. The number of nitrogens with one attached hydrogen (secondary N) is 2. The number of carbonyl (C=O) groups is 2. The number of rotatable bonds is 6. The lowest BCUT2D eigenvalue weighted by atomic mass is 10.2. The summed E-state index contributed by atoms with van der Waals surface area (Å²) in [5, 5.41) is 9.32. The van der Waals surface area contributed by atoms with E-state index in [2.05, 4.69) is 20.8 Å². The second kappa shape index (κ2) is 7.88. The van der Waals surface area contributed by atoms with E-state index in [1.807, 2.05) is 25.1 Å². The number of fused-ring (bicyclic) bond motifs is 1. The van der Waals surface area contributed by atoms with Gasteiger partial charge in [0.05, 0.1) is 21.2 Å². The Bertz CT molecular complexity index is 951. The third kappa shape index (κ3) is 4.41. The fraction of sp³-hybridized carbons (Fsp3) is 0.294. The largest absolute Gasteiger partial charge is 0.360 e. The summed E-state index contributed by atoms with van der Waals surface area (Å²) in [7, 11) is 0. The molecule has 2 N–H and O–H groups in total. The van der Waals surface area contributed by atoms with Gasteiger partial charge in [-0.3, -0.25) is 9.59 Å². The number of hydrogen-bond acceptors (Lipinski definition) is 7. The number of hydrogen-bond donors (Lipinski definition) is 2. The minimum atomic E-state index is -0.407. The number of aromatic nitrogens is 2. The molecule has 9 heteroatoms. The summed E-state index contributed by atoms with van der Waals surface area (Å²) < 4.78 is 5.93. The van der Waals surface area contributed by atoms with Crippen molar-refractivity contribution in [1.82, 2.24) is 10.1 Å². The summed E-state index contributed by atoms with van der Waals surface area (Å²) in [6.07, 6.45) is 0. The van der Waals surface area contributed by atoms with Crippen molar-refractivity contribution < 1.29 is 14.1 Å². The molecular weight excluding hydrogens is 372 g/mol. The molecule has 0 aliphatic heterocycles. The monoisotopic (exact) mass is 390 g/mol. The van der Waals surface area contributed by atoms with E-state index in [1.54, 1.807) is 19.9 Å². The van der Waals surface area contributed by atoms with Crippen LogP contribution in [0.3, 0.4) is 0 Å². The summed E-state index contributed by atoms with van der Waals surface area (Å²) >= 11 is 2.68. The first-order chi connectivity index (χ1) is 12.4. The van der Waals surface area contributed by atoms with Crippen molar-refractivity contribution in [3.05, 3.63) is 35.6 Å². The minimum absolute atomic E-state index is 0.154.